The third kappa shape index (κ3) is 2.83. The van der Waals surface area contributed by atoms with Crippen LogP contribution in [-0.2, 0) is 19.1 Å². The van der Waals surface area contributed by atoms with Gasteiger partial charge < -0.3 is 5.11 Å². The first-order valence-corrected chi connectivity index (χ1v) is 6.15. The molecule has 0 saturated carbocycles. The molecule has 0 spiro atoms. The fraction of sp³-hybridized carbons (Fsp3) is 0.333. The van der Waals surface area contributed by atoms with Gasteiger partial charge in [0.05, 0.1) is 22.9 Å². The van der Waals surface area contributed by atoms with E-state index in [1.54, 1.807) is 35.9 Å². The minimum Gasteiger partial charge on any atom is -0.385 e. The van der Waals surface area contributed by atoms with Gasteiger partial charge >= 0.3 is 0 Å². The van der Waals surface area contributed by atoms with Gasteiger partial charge in [-0.15, -0.1) is 0 Å². The topological polar surface area (TPSA) is 61.8 Å². The first-order chi connectivity index (χ1) is 8.92. The van der Waals surface area contributed by atoms with E-state index in [0.717, 1.165) is 17.0 Å². The van der Waals surface area contributed by atoms with Gasteiger partial charge in [-0.25, -0.2) is 0 Å². The molecule has 2 rings (SSSR count). The Labute approximate surface area is 112 Å². The third-order valence-corrected chi connectivity index (χ3v) is 3.26. The molecule has 0 amide bonds. The van der Waals surface area contributed by atoms with Crippen LogP contribution < -0.4 is 0 Å². The Kier molecular flexibility index (Phi) is 3.41. The molecule has 4 heteroatoms. The standard InChI is InChI=1S/C15H17N3O/c1-11-8-14(18(3)17-11)9-15(2,19)13-6-4-12(10-16)5-7-13/h4-8,19H,9H2,1-3H3. The lowest BCUT2D eigenvalue weighted by Crippen LogP contribution is -2.25. The maximum Gasteiger partial charge on any atom is 0.0991 e. The second kappa shape index (κ2) is 4.87. The molecular weight excluding hydrogens is 238 g/mol. The second-order valence-electron chi connectivity index (χ2n) is 5.04. The predicted molar refractivity (Wildman–Crippen MR) is 72.4 cm³/mol. The summed E-state index contributed by atoms with van der Waals surface area (Å²) < 4.78 is 1.79. The van der Waals surface area contributed by atoms with E-state index in [2.05, 4.69) is 11.2 Å². The van der Waals surface area contributed by atoms with Crippen molar-refractivity contribution in [3.63, 3.8) is 0 Å². The number of aromatic nitrogens is 2. The van der Waals surface area contributed by atoms with E-state index >= 15 is 0 Å². The zero-order chi connectivity index (χ0) is 14.0. The fourth-order valence-electron chi connectivity index (χ4n) is 2.19. The first-order valence-electron chi connectivity index (χ1n) is 6.15. The molecule has 1 heterocycles. The number of nitrogens with zero attached hydrogens (tertiary/aromatic N) is 3. The van der Waals surface area contributed by atoms with E-state index in [4.69, 9.17) is 5.26 Å². The number of rotatable bonds is 3. The molecule has 0 saturated heterocycles. The van der Waals surface area contributed by atoms with E-state index in [9.17, 15) is 5.11 Å². The van der Waals surface area contributed by atoms with Crippen molar-refractivity contribution in [3.05, 3.63) is 52.8 Å². The van der Waals surface area contributed by atoms with Crippen LogP contribution in [0.25, 0.3) is 0 Å². The highest BCUT2D eigenvalue weighted by Gasteiger charge is 2.25. The zero-order valence-electron chi connectivity index (χ0n) is 11.4. The van der Waals surface area contributed by atoms with Gasteiger partial charge in [-0.3, -0.25) is 4.68 Å². The number of nitriles is 1. The molecule has 0 radical (unpaired) electrons. The molecule has 1 aromatic carbocycles. The van der Waals surface area contributed by atoms with Crippen LogP contribution in [0.15, 0.2) is 30.3 Å². The zero-order valence-corrected chi connectivity index (χ0v) is 11.4. The van der Waals surface area contributed by atoms with Crippen LogP contribution in [0.5, 0.6) is 0 Å². The number of aliphatic hydroxyl groups is 1. The Balaban J connectivity index is 2.26. The highest BCUT2D eigenvalue weighted by molar-refractivity contribution is 5.34. The Morgan fingerprint density at radius 1 is 1.37 bits per heavy atom. The van der Waals surface area contributed by atoms with Crippen LogP contribution >= 0.6 is 0 Å². The van der Waals surface area contributed by atoms with Gasteiger partial charge in [0, 0.05) is 19.2 Å². The number of benzene rings is 1. The highest BCUT2D eigenvalue weighted by Crippen LogP contribution is 2.25. The second-order valence-corrected chi connectivity index (χ2v) is 5.04. The molecule has 1 unspecified atom stereocenters. The van der Waals surface area contributed by atoms with Crippen molar-refractivity contribution in [1.82, 2.24) is 9.78 Å². The highest BCUT2D eigenvalue weighted by atomic mass is 16.3. The molecule has 19 heavy (non-hydrogen) atoms. The molecule has 0 bridgehead atoms. The average Bonchev–Trinajstić information content (AvgIpc) is 2.67. The van der Waals surface area contributed by atoms with Gasteiger partial charge in [-0.2, -0.15) is 10.4 Å². The Morgan fingerprint density at radius 2 is 2.00 bits per heavy atom. The van der Waals surface area contributed by atoms with Gasteiger partial charge in [0.1, 0.15) is 0 Å². The summed E-state index contributed by atoms with van der Waals surface area (Å²) in [6, 6.07) is 11.1. The summed E-state index contributed by atoms with van der Waals surface area (Å²) >= 11 is 0. The van der Waals surface area contributed by atoms with E-state index in [-0.39, 0.29) is 0 Å². The maximum absolute atomic E-state index is 10.6. The van der Waals surface area contributed by atoms with Crippen LogP contribution in [0, 0.1) is 18.3 Å². The Bertz CT molecular complexity index is 618. The smallest absolute Gasteiger partial charge is 0.0991 e. The lowest BCUT2D eigenvalue weighted by Gasteiger charge is -2.23. The molecular formula is C15H17N3O. The van der Waals surface area contributed by atoms with E-state index in [1.807, 2.05) is 20.0 Å². The first kappa shape index (κ1) is 13.3. The minimum absolute atomic E-state index is 0.482. The summed E-state index contributed by atoms with van der Waals surface area (Å²) in [4.78, 5) is 0. The van der Waals surface area contributed by atoms with Gasteiger partial charge in [0.25, 0.3) is 0 Å². The summed E-state index contributed by atoms with van der Waals surface area (Å²) in [5.41, 5.74) is 2.33. The van der Waals surface area contributed by atoms with Crippen molar-refractivity contribution < 1.29 is 5.11 Å². The number of aryl methyl sites for hydroxylation is 2. The van der Waals surface area contributed by atoms with Gasteiger partial charge in [-0.05, 0) is 37.6 Å². The van der Waals surface area contributed by atoms with Crippen molar-refractivity contribution in [3.8, 4) is 6.07 Å². The molecule has 1 N–H and O–H groups in total. The molecule has 98 valence electrons. The van der Waals surface area contributed by atoms with Crippen LogP contribution in [0.2, 0.25) is 0 Å². The summed E-state index contributed by atoms with van der Waals surface area (Å²) in [6.45, 7) is 3.71. The van der Waals surface area contributed by atoms with Crippen LogP contribution in [0.3, 0.4) is 0 Å². The van der Waals surface area contributed by atoms with Crippen LogP contribution in [-0.4, -0.2) is 14.9 Å². The summed E-state index contributed by atoms with van der Waals surface area (Å²) in [6.07, 6.45) is 0.482. The molecule has 4 nitrogen and oxygen atoms in total. The number of hydrogen-bond donors (Lipinski definition) is 1. The van der Waals surface area contributed by atoms with E-state index in [0.29, 0.717) is 12.0 Å². The fourth-order valence-corrected chi connectivity index (χ4v) is 2.19. The Hall–Kier alpha value is -2.12. The molecule has 0 fully saturated rings. The van der Waals surface area contributed by atoms with Crippen molar-refractivity contribution in [1.29, 1.82) is 5.26 Å². The quantitative estimate of drug-likeness (QED) is 0.913. The van der Waals surface area contributed by atoms with Crippen LogP contribution in [0.4, 0.5) is 0 Å². The molecule has 0 aliphatic rings. The lowest BCUT2D eigenvalue weighted by atomic mass is 9.90. The van der Waals surface area contributed by atoms with E-state index in [1.165, 1.54) is 0 Å². The molecule has 0 aliphatic carbocycles. The molecule has 0 aliphatic heterocycles. The SMILES string of the molecule is Cc1cc(CC(C)(O)c2ccc(C#N)cc2)n(C)n1. The lowest BCUT2D eigenvalue weighted by molar-refractivity contribution is 0.0556. The third-order valence-electron chi connectivity index (χ3n) is 3.26. The van der Waals surface area contributed by atoms with E-state index < -0.39 is 5.60 Å². The van der Waals surface area contributed by atoms with Crippen molar-refractivity contribution >= 4 is 0 Å². The minimum atomic E-state index is -0.978. The summed E-state index contributed by atoms with van der Waals surface area (Å²) in [5, 5.41) is 23.7. The van der Waals surface area contributed by atoms with Crippen molar-refractivity contribution in [2.75, 3.05) is 0 Å². The van der Waals surface area contributed by atoms with Gasteiger partial charge in [0.15, 0.2) is 0 Å². The monoisotopic (exact) mass is 255 g/mol. The number of hydrogen-bond acceptors (Lipinski definition) is 3. The van der Waals surface area contributed by atoms with Crippen molar-refractivity contribution in [2.24, 2.45) is 7.05 Å². The molecule has 1 atom stereocenters. The average molecular weight is 255 g/mol. The largest absolute Gasteiger partial charge is 0.385 e. The maximum atomic E-state index is 10.6. The normalized spacial score (nSPS) is 13.8. The Morgan fingerprint density at radius 3 is 2.47 bits per heavy atom. The summed E-state index contributed by atoms with van der Waals surface area (Å²) in [5.74, 6) is 0. The summed E-state index contributed by atoms with van der Waals surface area (Å²) in [7, 11) is 1.87. The van der Waals surface area contributed by atoms with Crippen LogP contribution in [0.1, 0.15) is 29.4 Å². The van der Waals surface area contributed by atoms with Gasteiger partial charge in [0.2, 0.25) is 0 Å². The molecule has 2 aromatic rings. The van der Waals surface area contributed by atoms with Crippen molar-refractivity contribution in [2.45, 2.75) is 25.9 Å². The predicted octanol–water partition coefficient (Wildman–Crippen LogP) is 2.05. The van der Waals surface area contributed by atoms with Gasteiger partial charge in [-0.1, -0.05) is 12.1 Å². The molecule has 1 aromatic heterocycles.